The van der Waals surface area contributed by atoms with Gasteiger partial charge in [-0.3, -0.25) is 4.79 Å². The summed E-state index contributed by atoms with van der Waals surface area (Å²) in [5.41, 5.74) is 3.14. The molecule has 1 aliphatic heterocycles. The first kappa shape index (κ1) is 20.4. The van der Waals surface area contributed by atoms with Crippen molar-refractivity contribution in [2.75, 3.05) is 12.4 Å². The highest BCUT2D eigenvalue weighted by atomic mass is 79.9. The third kappa shape index (κ3) is 4.20. The van der Waals surface area contributed by atoms with Gasteiger partial charge in [0.05, 0.1) is 12.8 Å². The van der Waals surface area contributed by atoms with Crippen LogP contribution in [0.2, 0.25) is 5.02 Å². The van der Waals surface area contributed by atoms with E-state index in [1.807, 2.05) is 6.07 Å². The molecule has 1 N–H and O–H groups in total. The minimum atomic E-state index is -0.362. The van der Waals surface area contributed by atoms with E-state index in [1.54, 1.807) is 48.5 Å². The second kappa shape index (κ2) is 8.50. The molecule has 0 saturated heterocycles. The Kier molecular flexibility index (Phi) is 5.79. The van der Waals surface area contributed by atoms with Crippen molar-refractivity contribution in [2.24, 2.45) is 0 Å². The van der Waals surface area contributed by atoms with Crippen molar-refractivity contribution in [1.82, 2.24) is 0 Å². The molecule has 0 aliphatic carbocycles. The molecule has 3 aromatic rings. The van der Waals surface area contributed by atoms with Crippen LogP contribution in [-0.4, -0.2) is 13.0 Å². The molecule has 0 spiro atoms. The number of carbonyl (C=O) groups excluding carboxylic acids is 1. The zero-order valence-corrected chi connectivity index (χ0v) is 18.2. The Balaban J connectivity index is 1.63. The third-order valence-corrected chi connectivity index (χ3v) is 5.39. The van der Waals surface area contributed by atoms with Crippen molar-refractivity contribution in [2.45, 2.75) is 6.61 Å². The highest BCUT2D eigenvalue weighted by Gasteiger charge is 2.24. The molecule has 1 heterocycles. The number of methoxy groups -OCH3 is 1. The number of amides is 1. The quantitative estimate of drug-likeness (QED) is 0.427. The van der Waals surface area contributed by atoms with Crippen LogP contribution in [0.15, 0.2) is 59.1 Å². The molecule has 0 radical (unpaired) electrons. The second-order valence-corrected chi connectivity index (χ2v) is 7.99. The van der Waals surface area contributed by atoms with Gasteiger partial charge in [-0.1, -0.05) is 45.7 Å². The van der Waals surface area contributed by atoms with Crippen molar-refractivity contribution < 1.29 is 18.7 Å². The summed E-state index contributed by atoms with van der Waals surface area (Å²) in [5.74, 6) is 0.392. The number of benzene rings is 3. The lowest BCUT2D eigenvalue weighted by atomic mass is 10.0. The molecule has 0 aromatic heterocycles. The highest BCUT2D eigenvalue weighted by Crippen LogP contribution is 2.36. The fraction of sp³-hybridized carbons (Fsp3) is 0.0870. The molecule has 152 valence electrons. The van der Waals surface area contributed by atoms with E-state index in [1.165, 1.54) is 13.2 Å². The number of hydrogen-bond donors (Lipinski definition) is 1. The molecule has 1 aliphatic rings. The van der Waals surface area contributed by atoms with Crippen molar-refractivity contribution >= 4 is 50.8 Å². The molecule has 3 aromatic carbocycles. The van der Waals surface area contributed by atoms with Gasteiger partial charge < -0.3 is 14.8 Å². The van der Waals surface area contributed by atoms with E-state index in [2.05, 4.69) is 21.2 Å². The molecule has 1 amide bonds. The largest absolute Gasteiger partial charge is 0.493 e. The number of rotatable bonds is 5. The van der Waals surface area contributed by atoms with E-state index in [0.717, 1.165) is 11.1 Å². The lowest BCUT2D eigenvalue weighted by molar-refractivity contribution is -0.110. The number of carbonyl (C=O) groups is 1. The lowest BCUT2D eigenvalue weighted by Crippen LogP contribution is -2.03. The second-order valence-electron chi connectivity index (χ2n) is 6.64. The van der Waals surface area contributed by atoms with Crippen LogP contribution in [0, 0.1) is 5.82 Å². The molecule has 0 atom stereocenters. The van der Waals surface area contributed by atoms with Gasteiger partial charge >= 0.3 is 0 Å². The zero-order valence-electron chi connectivity index (χ0n) is 15.8. The summed E-state index contributed by atoms with van der Waals surface area (Å²) >= 11 is 9.25. The van der Waals surface area contributed by atoms with Crippen molar-refractivity contribution in [1.29, 1.82) is 0 Å². The van der Waals surface area contributed by atoms with Crippen molar-refractivity contribution in [3.63, 3.8) is 0 Å². The maximum atomic E-state index is 14.1. The Morgan fingerprint density at radius 1 is 1.10 bits per heavy atom. The predicted octanol–water partition coefficient (Wildman–Crippen LogP) is 6.32. The molecular formula is C23H16BrClFNO3. The average molecular weight is 489 g/mol. The number of hydrogen-bond acceptors (Lipinski definition) is 3. The van der Waals surface area contributed by atoms with Crippen LogP contribution < -0.4 is 14.8 Å². The standard InChI is InChI=1S/C23H16BrClFNO3/c1-29-21-7-2-13(8-18-17-6-5-16(25)11-20(17)27-23(18)28)9-22(21)30-12-14-3-4-15(24)10-19(14)26/h2-11H,12H2,1H3,(H,27,28)/b18-8-. The molecule has 0 unspecified atom stereocenters. The van der Waals surface area contributed by atoms with Gasteiger partial charge in [0, 0.05) is 26.2 Å². The fourth-order valence-corrected chi connectivity index (χ4v) is 3.67. The van der Waals surface area contributed by atoms with Gasteiger partial charge in [-0.15, -0.1) is 0 Å². The summed E-state index contributed by atoms with van der Waals surface area (Å²) < 4.78 is 25.9. The van der Waals surface area contributed by atoms with Crippen LogP contribution in [0.5, 0.6) is 11.5 Å². The predicted molar refractivity (Wildman–Crippen MR) is 119 cm³/mol. The van der Waals surface area contributed by atoms with Gasteiger partial charge in [-0.25, -0.2) is 4.39 Å². The van der Waals surface area contributed by atoms with Crippen LogP contribution in [0.1, 0.15) is 16.7 Å². The summed E-state index contributed by atoms with van der Waals surface area (Å²) in [4.78, 5) is 12.4. The van der Waals surface area contributed by atoms with Crippen LogP contribution in [0.4, 0.5) is 10.1 Å². The Bertz CT molecular complexity index is 1180. The Morgan fingerprint density at radius 3 is 2.70 bits per heavy atom. The topological polar surface area (TPSA) is 47.6 Å². The van der Waals surface area contributed by atoms with Crippen molar-refractivity contribution in [3.05, 3.63) is 86.6 Å². The Labute approximate surface area is 186 Å². The first-order chi connectivity index (χ1) is 14.4. The van der Waals surface area contributed by atoms with Gasteiger partial charge in [0.1, 0.15) is 12.4 Å². The summed E-state index contributed by atoms with van der Waals surface area (Å²) in [6.07, 6.45) is 1.77. The van der Waals surface area contributed by atoms with E-state index < -0.39 is 0 Å². The Morgan fingerprint density at radius 2 is 1.93 bits per heavy atom. The van der Waals surface area contributed by atoms with Crippen molar-refractivity contribution in [3.8, 4) is 11.5 Å². The average Bonchev–Trinajstić information content (AvgIpc) is 3.01. The first-order valence-electron chi connectivity index (χ1n) is 9.02. The zero-order chi connectivity index (χ0) is 21.3. The van der Waals surface area contributed by atoms with Gasteiger partial charge in [0.15, 0.2) is 11.5 Å². The van der Waals surface area contributed by atoms with E-state index in [-0.39, 0.29) is 18.3 Å². The first-order valence-corrected chi connectivity index (χ1v) is 10.2. The number of nitrogens with one attached hydrogen (secondary N) is 1. The van der Waals surface area contributed by atoms with Gasteiger partial charge in [-0.2, -0.15) is 0 Å². The molecule has 0 bridgehead atoms. The van der Waals surface area contributed by atoms with E-state index >= 15 is 0 Å². The number of halogens is 3. The number of anilines is 1. The van der Waals surface area contributed by atoms with Gasteiger partial charge in [0.25, 0.3) is 5.91 Å². The van der Waals surface area contributed by atoms with Crippen LogP contribution in [-0.2, 0) is 11.4 Å². The summed E-state index contributed by atoms with van der Waals surface area (Å²) in [7, 11) is 1.53. The molecule has 0 saturated carbocycles. The SMILES string of the molecule is COc1ccc(/C=C2\C(=O)Nc3cc(Cl)ccc32)cc1OCc1ccc(Br)cc1F. The molecular weight excluding hydrogens is 473 g/mol. The van der Waals surface area contributed by atoms with Crippen LogP contribution >= 0.6 is 27.5 Å². The van der Waals surface area contributed by atoms with E-state index in [4.69, 9.17) is 21.1 Å². The normalized spacial score (nSPS) is 13.9. The number of ether oxygens (including phenoxy) is 2. The Hall–Kier alpha value is -2.83. The summed E-state index contributed by atoms with van der Waals surface area (Å²) in [6.45, 7) is 0.0390. The van der Waals surface area contributed by atoms with Crippen LogP contribution in [0.25, 0.3) is 11.6 Å². The van der Waals surface area contributed by atoms with E-state index in [0.29, 0.717) is 37.8 Å². The molecule has 30 heavy (non-hydrogen) atoms. The minimum Gasteiger partial charge on any atom is -0.493 e. The third-order valence-electron chi connectivity index (χ3n) is 4.66. The summed E-state index contributed by atoms with van der Waals surface area (Å²) in [5, 5.41) is 3.36. The molecule has 4 rings (SSSR count). The van der Waals surface area contributed by atoms with Gasteiger partial charge in [0.2, 0.25) is 0 Å². The molecule has 7 heteroatoms. The van der Waals surface area contributed by atoms with Crippen LogP contribution in [0.3, 0.4) is 0 Å². The van der Waals surface area contributed by atoms with E-state index in [9.17, 15) is 9.18 Å². The minimum absolute atomic E-state index is 0.0390. The smallest absolute Gasteiger partial charge is 0.256 e. The molecule has 0 fully saturated rings. The molecule has 4 nitrogen and oxygen atoms in total. The summed E-state index contributed by atoms with van der Waals surface area (Å²) in [6, 6.07) is 15.4. The lowest BCUT2D eigenvalue weighted by Gasteiger charge is -2.12. The monoisotopic (exact) mass is 487 g/mol. The highest BCUT2D eigenvalue weighted by molar-refractivity contribution is 9.10. The maximum Gasteiger partial charge on any atom is 0.256 e. The van der Waals surface area contributed by atoms with Gasteiger partial charge in [-0.05, 0) is 48.0 Å². The maximum absolute atomic E-state index is 14.1. The fourth-order valence-electron chi connectivity index (χ4n) is 3.17. The number of fused-ring (bicyclic) bond motifs is 1.